The van der Waals surface area contributed by atoms with Crippen LogP contribution >= 0.6 is 0 Å². The van der Waals surface area contributed by atoms with Crippen LogP contribution in [0.1, 0.15) is 52.9 Å². The highest BCUT2D eigenvalue weighted by Gasteiger charge is 2.41. The maximum atomic E-state index is 3.89. The highest BCUT2D eigenvalue weighted by Crippen LogP contribution is 2.40. The van der Waals surface area contributed by atoms with Crippen LogP contribution in [0.15, 0.2) is 0 Å². The van der Waals surface area contributed by atoms with Gasteiger partial charge in [-0.3, -0.25) is 0 Å². The van der Waals surface area contributed by atoms with Crippen LogP contribution in [0.3, 0.4) is 0 Å². The zero-order chi connectivity index (χ0) is 10.1. The summed E-state index contributed by atoms with van der Waals surface area (Å²) in [5, 5.41) is 3.89. The highest BCUT2D eigenvalue weighted by molar-refractivity contribution is 4.98. The molecule has 82 valence electrons. The van der Waals surface area contributed by atoms with Crippen molar-refractivity contribution in [3.05, 3.63) is 0 Å². The van der Waals surface area contributed by atoms with E-state index in [2.05, 4.69) is 26.1 Å². The van der Waals surface area contributed by atoms with Crippen LogP contribution < -0.4 is 5.32 Å². The van der Waals surface area contributed by atoms with Gasteiger partial charge in [-0.1, -0.05) is 27.2 Å². The third-order valence-electron chi connectivity index (χ3n) is 3.84. The molecule has 3 atom stereocenters. The smallest absolute Gasteiger partial charge is 0.0121 e. The first-order chi connectivity index (χ1) is 6.72. The zero-order valence-corrected chi connectivity index (χ0v) is 9.92. The maximum absolute atomic E-state index is 3.89. The maximum Gasteiger partial charge on any atom is 0.0121 e. The molecule has 2 saturated carbocycles. The average Bonchev–Trinajstić information content (AvgIpc) is 2.95. The van der Waals surface area contributed by atoms with Gasteiger partial charge in [-0.2, -0.15) is 0 Å². The number of rotatable bonds is 6. The van der Waals surface area contributed by atoms with Crippen LogP contribution in [0.4, 0.5) is 0 Å². The van der Waals surface area contributed by atoms with Crippen LogP contribution in [0.2, 0.25) is 0 Å². The van der Waals surface area contributed by atoms with Crippen LogP contribution in [0.25, 0.3) is 0 Å². The molecule has 0 aromatic heterocycles. The SMILES string of the molecule is CCCC1CC1NC(C(C)C)C1CC1. The normalized spacial score (nSPS) is 33.4. The van der Waals surface area contributed by atoms with E-state index in [1.165, 1.54) is 32.1 Å². The summed E-state index contributed by atoms with van der Waals surface area (Å²) >= 11 is 0. The van der Waals surface area contributed by atoms with E-state index in [0.29, 0.717) is 0 Å². The van der Waals surface area contributed by atoms with Gasteiger partial charge in [-0.15, -0.1) is 0 Å². The van der Waals surface area contributed by atoms with Gasteiger partial charge in [-0.25, -0.2) is 0 Å². The Kier molecular flexibility index (Phi) is 3.16. The molecule has 1 nitrogen and oxygen atoms in total. The van der Waals surface area contributed by atoms with Gasteiger partial charge in [0.15, 0.2) is 0 Å². The van der Waals surface area contributed by atoms with Gasteiger partial charge >= 0.3 is 0 Å². The van der Waals surface area contributed by atoms with Gasteiger partial charge < -0.3 is 5.32 Å². The monoisotopic (exact) mass is 195 g/mol. The van der Waals surface area contributed by atoms with Crippen molar-refractivity contribution in [2.45, 2.75) is 65.0 Å². The first kappa shape index (κ1) is 10.5. The molecule has 0 heterocycles. The van der Waals surface area contributed by atoms with Gasteiger partial charge in [0.05, 0.1) is 0 Å². The van der Waals surface area contributed by atoms with Crippen molar-refractivity contribution in [2.24, 2.45) is 17.8 Å². The summed E-state index contributed by atoms with van der Waals surface area (Å²) in [6.07, 6.45) is 7.19. The van der Waals surface area contributed by atoms with Crippen molar-refractivity contribution in [3.63, 3.8) is 0 Å². The van der Waals surface area contributed by atoms with E-state index in [0.717, 1.165) is 29.8 Å². The summed E-state index contributed by atoms with van der Waals surface area (Å²) < 4.78 is 0. The first-order valence-electron chi connectivity index (χ1n) is 6.48. The lowest BCUT2D eigenvalue weighted by Crippen LogP contribution is -2.38. The number of nitrogens with one attached hydrogen (secondary N) is 1. The average molecular weight is 195 g/mol. The molecule has 0 amide bonds. The van der Waals surface area contributed by atoms with E-state index in [1.54, 1.807) is 0 Å². The minimum atomic E-state index is 0.821. The molecule has 2 fully saturated rings. The van der Waals surface area contributed by atoms with Crippen LogP contribution in [-0.2, 0) is 0 Å². The Labute approximate surface area is 88.7 Å². The Morgan fingerprint density at radius 3 is 2.50 bits per heavy atom. The molecule has 0 aromatic rings. The fraction of sp³-hybridized carbons (Fsp3) is 1.00. The third kappa shape index (κ3) is 2.50. The molecule has 2 rings (SSSR count). The molecule has 0 spiro atoms. The number of hydrogen-bond donors (Lipinski definition) is 1. The molecule has 1 N–H and O–H groups in total. The zero-order valence-electron chi connectivity index (χ0n) is 9.92. The molecule has 1 heteroatoms. The molecule has 2 aliphatic carbocycles. The number of hydrogen-bond acceptors (Lipinski definition) is 1. The summed E-state index contributed by atoms with van der Waals surface area (Å²) in [7, 11) is 0. The second kappa shape index (κ2) is 4.22. The van der Waals surface area contributed by atoms with Crippen molar-refractivity contribution in [1.82, 2.24) is 5.32 Å². The molecule has 0 bridgehead atoms. The summed E-state index contributed by atoms with van der Waals surface area (Å²) in [6.45, 7) is 7.04. The Hall–Kier alpha value is -0.0400. The second-order valence-corrected chi connectivity index (χ2v) is 5.66. The Morgan fingerprint density at radius 1 is 1.29 bits per heavy atom. The Balaban J connectivity index is 1.73. The minimum absolute atomic E-state index is 0.821. The van der Waals surface area contributed by atoms with Crippen molar-refractivity contribution in [3.8, 4) is 0 Å². The predicted molar refractivity (Wildman–Crippen MR) is 61.3 cm³/mol. The van der Waals surface area contributed by atoms with Crippen LogP contribution in [-0.4, -0.2) is 12.1 Å². The van der Waals surface area contributed by atoms with E-state index >= 15 is 0 Å². The van der Waals surface area contributed by atoms with Crippen LogP contribution in [0, 0.1) is 17.8 Å². The molecule has 2 aliphatic rings. The van der Waals surface area contributed by atoms with E-state index < -0.39 is 0 Å². The fourth-order valence-corrected chi connectivity index (χ4v) is 2.72. The van der Waals surface area contributed by atoms with E-state index in [4.69, 9.17) is 0 Å². The van der Waals surface area contributed by atoms with E-state index in [9.17, 15) is 0 Å². The Bertz CT molecular complexity index is 182. The molecular formula is C13H25N. The molecule has 0 radical (unpaired) electrons. The molecule has 14 heavy (non-hydrogen) atoms. The van der Waals surface area contributed by atoms with Crippen molar-refractivity contribution < 1.29 is 0 Å². The molecule has 0 saturated heterocycles. The predicted octanol–water partition coefficient (Wildman–Crippen LogP) is 3.20. The standard InChI is InChI=1S/C13H25N/c1-4-5-11-8-12(11)14-13(9(2)3)10-6-7-10/h9-14H,4-8H2,1-3H3. The second-order valence-electron chi connectivity index (χ2n) is 5.66. The lowest BCUT2D eigenvalue weighted by Gasteiger charge is -2.22. The minimum Gasteiger partial charge on any atom is -0.310 e. The van der Waals surface area contributed by atoms with Crippen molar-refractivity contribution >= 4 is 0 Å². The van der Waals surface area contributed by atoms with E-state index in [1.807, 2.05) is 0 Å². The topological polar surface area (TPSA) is 12.0 Å². The van der Waals surface area contributed by atoms with Gasteiger partial charge in [0, 0.05) is 12.1 Å². The molecule has 3 unspecified atom stereocenters. The fourth-order valence-electron chi connectivity index (χ4n) is 2.72. The third-order valence-corrected chi connectivity index (χ3v) is 3.84. The molecular weight excluding hydrogens is 170 g/mol. The van der Waals surface area contributed by atoms with Gasteiger partial charge in [-0.05, 0) is 43.4 Å². The lowest BCUT2D eigenvalue weighted by molar-refractivity contribution is 0.350. The lowest BCUT2D eigenvalue weighted by atomic mass is 9.99. The van der Waals surface area contributed by atoms with Gasteiger partial charge in [0.25, 0.3) is 0 Å². The summed E-state index contributed by atoms with van der Waals surface area (Å²) in [4.78, 5) is 0. The van der Waals surface area contributed by atoms with E-state index in [-0.39, 0.29) is 0 Å². The van der Waals surface area contributed by atoms with Crippen molar-refractivity contribution in [1.29, 1.82) is 0 Å². The molecule has 0 aromatic carbocycles. The summed E-state index contributed by atoms with van der Waals surface area (Å²) in [5.41, 5.74) is 0. The van der Waals surface area contributed by atoms with Crippen LogP contribution in [0.5, 0.6) is 0 Å². The van der Waals surface area contributed by atoms with Gasteiger partial charge in [0.2, 0.25) is 0 Å². The summed E-state index contributed by atoms with van der Waals surface area (Å²) in [6, 6.07) is 1.70. The first-order valence-corrected chi connectivity index (χ1v) is 6.48. The highest BCUT2D eigenvalue weighted by atomic mass is 15.0. The summed E-state index contributed by atoms with van der Waals surface area (Å²) in [5.74, 6) is 2.85. The molecule has 0 aliphatic heterocycles. The largest absolute Gasteiger partial charge is 0.310 e. The Morgan fingerprint density at radius 2 is 2.00 bits per heavy atom. The quantitative estimate of drug-likeness (QED) is 0.686. The van der Waals surface area contributed by atoms with Gasteiger partial charge in [0.1, 0.15) is 0 Å². The van der Waals surface area contributed by atoms with Crippen molar-refractivity contribution in [2.75, 3.05) is 0 Å².